The van der Waals surface area contributed by atoms with Crippen molar-refractivity contribution in [2.24, 2.45) is 0 Å². The summed E-state index contributed by atoms with van der Waals surface area (Å²) in [5.74, 6) is 0. The van der Waals surface area contributed by atoms with Crippen molar-refractivity contribution in [1.82, 2.24) is 5.32 Å². The molecule has 3 rings (SSSR count). The lowest BCUT2D eigenvalue weighted by Gasteiger charge is -2.20. The molecule has 2 aromatic carbocycles. The maximum Gasteiger partial charge on any atom is 0.171 e. The summed E-state index contributed by atoms with van der Waals surface area (Å²) >= 11 is 11.3. The predicted octanol–water partition coefficient (Wildman–Crippen LogP) is 4.99. The summed E-state index contributed by atoms with van der Waals surface area (Å²) in [6, 6.07) is 16.4. The Morgan fingerprint density at radius 2 is 1.67 bits per heavy atom. The molecule has 1 aliphatic rings. The van der Waals surface area contributed by atoms with Crippen molar-refractivity contribution < 1.29 is 0 Å². The van der Waals surface area contributed by atoms with Crippen LogP contribution in [0.3, 0.4) is 0 Å². The van der Waals surface area contributed by atoms with Gasteiger partial charge in [0.05, 0.1) is 6.04 Å². The fraction of sp³-hybridized carbons (Fsp3) is 0.316. The average Bonchev–Trinajstić information content (AvgIpc) is 3.11. The van der Waals surface area contributed by atoms with E-state index >= 15 is 0 Å². The lowest BCUT2D eigenvalue weighted by Crippen LogP contribution is -2.30. The van der Waals surface area contributed by atoms with Crippen molar-refractivity contribution in [2.45, 2.75) is 25.8 Å². The van der Waals surface area contributed by atoms with Crippen molar-refractivity contribution >= 4 is 40.3 Å². The highest BCUT2D eigenvalue weighted by atomic mass is 35.5. The third-order valence-corrected chi connectivity index (χ3v) is 4.79. The molecule has 0 bridgehead atoms. The van der Waals surface area contributed by atoms with Crippen LogP contribution in [0.5, 0.6) is 0 Å². The molecule has 1 unspecified atom stereocenters. The molecule has 2 N–H and O–H groups in total. The molecule has 0 radical (unpaired) electrons. The van der Waals surface area contributed by atoms with Gasteiger partial charge in [0.25, 0.3) is 0 Å². The number of thiocarbonyl (C=S) groups is 1. The molecule has 1 heterocycles. The van der Waals surface area contributed by atoms with Gasteiger partial charge in [-0.05, 0) is 73.9 Å². The SMILES string of the molecule is CC(NC(=S)Nc1ccc(Cl)cc1)c1ccc(N2CCCC2)cc1. The van der Waals surface area contributed by atoms with Crippen LogP contribution in [0.25, 0.3) is 0 Å². The van der Waals surface area contributed by atoms with Crippen molar-refractivity contribution in [3.8, 4) is 0 Å². The summed E-state index contributed by atoms with van der Waals surface area (Å²) in [5, 5.41) is 7.82. The first-order valence-electron chi connectivity index (χ1n) is 8.30. The standard InChI is InChI=1S/C19H22ClN3S/c1-14(21-19(24)22-17-8-6-16(20)7-9-17)15-4-10-18(11-5-15)23-12-2-3-13-23/h4-11,14H,2-3,12-13H2,1H3,(H2,21,22,24). The Balaban J connectivity index is 1.56. The van der Waals surface area contributed by atoms with Gasteiger partial charge in [-0.15, -0.1) is 0 Å². The number of rotatable bonds is 4. The Morgan fingerprint density at radius 1 is 1.04 bits per heavy atom. The molecule has 126 valence electrons. The van der Waals surface area contributed by atoms with Crippen LogP contribution >= 0.6 is 23.8 Å². The van der Waals surface area contributed by atoms with Gasteiger partial charge in [-0.1, -0.05) is 23.7 Å². The molecule has 0 amide bonds. The maximum absolute atomic E-state index is 5.89. The van der Waals surface area contributed by atoms with Gasteiger partial charge in [-0.25, -0.2) is 0 Å². The minimum Gasteiger partial charge on any atom is -0.372 e. The Morgan fingerprint density at radius 3 is 2.29 bits per heavy atom. The number of nitrogens with one attached hydrogen (secondary N) is 2. The summed E-state index contributed by atoms with van der Waals surface area (Å²) in [5.41, 5.74) is 3.46. The number of hydrogen-bond acceptors (Lipinski definition) is 2. The number of anilines is 2. The molecule has 0 aromatic heterocycles. The molecule has 1 fully saturated rings. The van der Waals surface area contributed by atoms with Crippen molar-refractivity contribution in [3.05, 3.63) is 59.1 Å². The number of hydrogen-bond donors (Lipinski definition) is 2. The Kier molecular flexibility index (Phi) is 5.59. The largest absolute Gasteiger partial charge is 0.372 e. The predicted molar refractivity (Wildman–Crippen MR) is 107 cm³/mol. The molecule has 0 spiro atoms. The fourth-order valence-corrected chi connectivity index (χ4v) is 3.35. The van der Waals surface area contributed by atoms with E-state index in [4.69, 9.17) is 23.8 Å². The second-order valence-corrected chi connectivity index (χ2v) is 6.96. The highest BCUT2D eigenvalue weighted by Gasteiger charge is 2.13. The van der Waals surface area contributed by atoms with E-state index < -0.39 is 0 Å². The average molecular weight is 360 g/mol. The van der Waals surface area contributed by atoms with E-state index in [2.05, 4.69) is 46.7 Å². The number of nitrogens with zero attached hydrogens (tertiary/aromatic N) is 1. The Bertz CT molecular complexity index is 679. The van der Waals surface area contributed by atoms with Crippen molar-refractivity contribution in [2.75, 3.05) is 23.3 Å². The van der Waals surface area contributed by atoms with Crippen LogP contribution in [-0.2, 0) is 0 Å². The molecule has 2 aromatic rings. The second-order valence-electron chi connectivity index (χ2n) is 6.11. The molecule has 5 heteroatoms. The van der Waals surface area contributed by atoms with Crippen LogP contribution in [0.1, 0.15) is 31.4 Å². The lowest BCUT2D eigenvalue weighted by atomic mass is 10.1. The minimum absolute atomic E-state index is 0.143. The van der Waals surface area contributed by atoms with E-state index in [9.17, 15) is 0 Å². The molecular formula is C19H22ClN3S. The van der Waals surface area contributed by atoms with E-state index in [1.165, 1.54) is 37.2 Å². The smallest absolute Gasteiger partial charge is 0.171 e. The third kappa shape index (κ3) is 4.40. The molecule has 1 saturated heterocycles. The van der Waals surface area contributed by atoms with Gasteiger partial charge in [0.15, 0.2) is 5.11 Å². The molecule has 0 saturated carbocycles. The van der Waals surface area contributed by atoms with E-state index in [1.807, 2.05) is 24.3 Å². The molecular weight excluding hydrogens is 338 g/mol. The normalized spacial score (nSPS) is 15.2. The third-order valence-electron chi connectivity index (χ3n) is 4.31. The van der Waals surface area contributed by atoms with Crippen LogP contribution in [0.15, 0.2) is 48.5 Å². The van der Waals surface area contributed by atoms with Crippen LogP contribution in [0, 0.1) is 0 Å². The summed E-state index contributed by atoms with van der Waals surface area (Å²) < 4.78 is 0. The van der Waals surface area contributed by atoms with Crippen molar-refractivity contribution in [3.63, 3.8) is 0 Å². The molecule has 24 heavy (non-hydrogen) atoms. The summed E-state index contributed by atoms with van der Waals surface area (Å²) in [4.78, 5) is 2.44. The molecule has 1 atom stereocenters. The van der Waals surface area contributed by atoms with Crippen LogP contribution in [0.4, 0.5) is 11.4 Å². The highest BCUT2D eigenvalue weighted by Crippen LogP contribution is 2.22. The molecule has 1 aliphatic heterocycles. The zero-order valence-electron chi connectivity index (χ0n) is 13.8. The van der Waals surface area contributed by atoms with Gasteiger partial charge in [-0.2, -0.15) is 0 Å². The first-order valence-corrected chi connectivity index (χ1v) is 9.08. The lowest BCUT2D eigenvalue weighted by molar-refractivity contribution is 0.722. The highest BCUT2D eigenvalue weighted by molar-refractivity contribution is 7.80. The van der Waals surface area contributed by atoms with Gasteiger partial charge in [0, 0.05) is 29.5 Å². The Labute approximate surface area is 154 Å². The zero-order chi connectivity index (χ0) is 16.9. The minimum atomic E-state index is 0.143. The topological polar surface area (TPSA) is 27.3 Å². The molecule has 3 nitrogen and oxygen atoms in total. The Hall–Kier alpha value is -1.78. The summed E-state index contributed by atoms with van der Waals surface area (Å²) in [6.45, 7) is 4.45. The van der Waals surface area contributed by atoms with Gasteiger partial charge in [-0.3, -0.25) is 0 Å². The maximum atomic E-state index is 5.89. The van der Waals surface area contributed by atoms with Crippen molar-refractivity contribution in [1.29, 1.82) is 0 Å². The van der Waals surface area contributed by atoms with Crippen LogP contribution < -0.4 is 15.5 Å². The first kappa shape index (κ1) is 17.1. The van der Waals surface area contributed by atoms with E-state index in [0.29, 0.717) is 10.1 Å². The zero-order valence-corrected chi connectivity index (χ0v) is 15.3. The molecule has 0 aliphatic carbocycles. The van der Waals surface area contributed by atoms with E-state index in [0.717, 1.165) is 5.69 Å². The van der Waals surface area contributed by atoms with Gasteiger partial charge < -0.3 is 15.5 Å². The van der Waals surface area contributed by atoms with Gasteiger partial charge >= 0.3 is 0 Å². The number of benzene rings is 2. The van der Waals surface area contributed by atoms with Crippen LogP contribution in [-0.4, -0.2) is 18.2 Å². The summed E-state index contributed by atoms with van der Waals surface area (Å²) in [6.07, 6.45) is 2.59. The fourth-order valence-electron chi connectivity index (χ4n) is 2.93. The first-order chi connectivity index (χ1) is 11.6. The second kappa shape index (κ2) is 7.86. The van der Waals surface area contributed by atoms with Crippen LogP contribution in [0.2, 0.25) is 5.02 Å². The van der Waals surface area contributed by atoms with E-state index in [1.54, 1.807) is 0 Å². The van der Waals surface area contributed by atoms with Gasteiger partial charge in [0.1, 0.15) is 0 Å². The van der Waals surface area contributed by atoms with E-state index in [-0.39, 0.29) is 6.04 Å². The van der Waals surface area contributed by atoms with Gasteiger partial charge in [0.2, 0.25) is 0 Å². The monoisotopic (exact) mass is 359 g/mol. The quantitative estimate of drug-likeness (QED) is 0.752. The summed E-state index contributed by atoms with van der Waals surface area (Å²) in [7, 11) is 0. The number of halogens is 1.